The van der Waals surface area contributed by atoms with E-state index in [0.29, 0.717) is 0 Å². The standard InChI is InChI=1S/C6H13NOS/c1-7-6(4-8)2-3-9-5-6/h7-8H,2-5H2,1H3. The SMILES string of the molecule is CNC1(CO)CCSC1. The second-order valence-electron chi connectivity index (χ2n) is 2.49. The lowest BCUT2D eigenvalue weighted by molar-refractivity contribution is 0.187. The molecule has 1 aliphatic heterocycles. The molecule has 1 fully saturated rings. The molecule has 0 bridgehead atoms. The highest BCUT2D eigenvalue weighted by molar-refractivity contribution is 7.99. The maximum Gasteiger partial charge on any atom is 0.0621 e. The Hall–Kier alpha value is 0.270. The first kappa shape index (κ1) is 7.38. The fourth-order valence-corrected chi connectivity index (χ4v) is 2.46. The molecule has 0 radical (unpaired) electrons. The van der Waals surface area contributed by atoms with Crippen LogP contribution in [-0.4, -0.2) is 35.8 Å². The Labute approximate surface area is 60.0 Å². The van der Waals surface area contributed by atoms with E-state index in [2.05, 4.69) is 5.32 Å². The van der Waals surface area contributed by atoms with Crippen molar-refractivity contribution in [3.8, 4) is 0 Å². The van der Waals surface area contributed by atoms with Crippen LogP contribution in [0.3, 0.4) is 0 Å². The second-order valence-corrected chi connectivity index (χ2v) is 3.60. The van der Waals surface area contributed by atoms with Gasteiger partial charge in [0.25, 0.3) is 0 Å². The van der Waals surface area contributed by atoms with E-state index in [0.717, 1.165) is 12.2 Å². The van der Waals surface area contributed by atoms with E-state index in [1.165, 1.54) is 5.75 Å². The van der Waals surface area contributed by atoms with Gasteiger partial charge in [0.15, 0.2) is 0 Å². The third kappa shape index (κ3) is 1.39. The summed E-state index contributed by atoms with van der Waals surface area (Å²) in [5.41, 5.74) is 0.0463. The Morgan fingerprint density at radius 2 is 2.56 bits per heavy atom. The average molecular weight is 147 g/mol. The lowest BCUT2D eigenvalue weighted by atomic mass is 10.0. The van der Waals surface area contributed by atoms with Crippen molar-refractivity contribution in [2.75, 3.05) is 25.2 Å². The van der Waals surface area contributed by atoms with Crippen molar-refractivity contribution in [1.29, 1.82) is 0 Å². The molecule has 0 saturated carbocycles. The van der Waals surface area contributed by atoms with Crippen LogP contribution in [0.2, 0.25) is 0 Å². The zero-order chi connectivity index (χ0) is 6.74. The zero-order valence-electron chi connectivity index (χ0n) is 5.68. The molecule has 1 rings (SSSR count). The molecule has 1 atom stereocenters. The molecule has 0 spiro atoms. The summed E-state index contributed by atoms with van der Waals surface area (Å²) in [6, 6.07) is 0. The van der Waals surface area contributed by atoms with Crippen LogP contribution in [-0.2, 0) is 0 Å². The lowest BCUT2D eigenvalue weighted by Gasteiger charge is -2.24. The van der Waals surface area contributed by atoms with Gasteiger partial charge in [-0.2, -0.15) is 11.8 Å². The van der Waals surface area contributed by atoms with Crippen LogP contribution in [0, 0.1) is 0 Å². The van der Waals surface area contributed by atoms with E-state index >= 15 is 0 Å². The van der Waals surface area contributed by atoms with E-state index in [1.54, 1.807) is 0 Å². The van der Waals surface area contributed by atoms with Crippen molar-refractivity contribution in [1.82, 2.24) is 5.32 Å². The van der Waals surface area contributed by atoms with Crippen molar-refractivity contribution in [3.63, 3.8) is 0 Å². The molecule has 0 aromatic rings. The average Bonchev–Trinajstić information content (AvgIpc) is 2.36. The monoisotopic (exact) mass is 147 g/mol. The van der Waals surface area contributed by atoms with Crippen LogP contribution in [0.4, 0.5) is 0 Å². The molecule has 54 valence electrons. The summed E-state index contributed by atoms with van der Waals surface area (Å²) in [6.45, 7) is 0.274. The van der Waals surface area contributed by atoms with Crippen LogP contribution in [0.15, 0.2) is 0 Å². The van der Waals surface area contributed by atoms with Crippen LogP contribution in [0.25, 0.3) is 0 Å². The second kappa shape index (κ2) is 2.90. The number of hydrogen-bond acceptors (Lipinski definition) is 3. The van der Waals surface area contributed by atoms with Crippen molar-refractivity contribution in [2.45, 2.75) is 12.0 Å². The number of nitrogens with one attached hydrogen (secondary N) is 1. The van der Waals surface area contributed by atoms with Gasteiger partial charge in [-0.1, -0.05) is 0 Å². The van der Waals surface area contributed by atoms with Gasteiger partial charge in [0.1, 0.15) is 0 Å². The topological polar surface area (TPSA) is 32.3 Å². The van der Waals surface area contributed by atoms with Gasteiger partial charge in [-0.3, -0.25) is 0 Å². The molecule has 1 unspecified atom stereocenters. The fourth-order valence-electron chi connectivity index (χ4n) is 1.01. The van der Waals surface area contributed by atoms with E-state index in [-0.39, 0.29) is 12.1 Å². The molecular weight excluding hydrogens is 134 g/mol. The molecule has 2 nitrogen and oxygen atoms in total. The smallest absolute Gasteiger partial charge is 0.0621 e. The molecule has 0 aliphatic carbocycles. The van der Waals surface area contributed by atoms with Gasteiger partial charge in [0.05, 0.1) is 12.1 Å². The Bertz CT molecular complexity index is 85.1. The Morgan fingerprint density at radius 3 is 2.78 bits per heavy atom. The quantitative estimate of drug-likeness (QED) is 0.580. The summed E-state index contributed by atoms with van der Waals surface area (Å²) < 4.78 is 0. The van der Waals surface area contributed by atoms with Crippen molar-refractivity contribution in [3.05, 3.63) is 0 Å². The maximum atomic E-state index is 8.94. The van der Waals surface area contributed by atoms with Gasteiger partial charge in [-0.05, 0) is 19.2 Å². The highest BCUT2D eigenvalue weighted by Crippen LogP contribution is 2.26. The van der Waals surface area contributed by atoms with Gasteiger partial charge >= 0.3 is 0 Å². The normalized spacial score (nSPS) is 35.3. The first-order chi connectivity index (χ1) is 4.33. The van der Waals surface area contributed by atoms with Gasteiger partial charge < -0.3 is 10.4 Å². The predicted octanol–water partition coefficient (Wildman–Crippen LogP) is 0.0738. The molecule has 0 amide bonds. The number of thioether (sulfide) groups is 1. The summed E-state index contributed by atoms with van der Waals surface area (Å²) in [5.74, 6) is 2.24. The molecule has 0 aromatic carbocycles. The molecule has 9 heavy (non-hydrogen) atoms. The number of likely N-dealkylation sites (N-methyl/N-ethyl adjacent to an activating group) is 1. The molecule has 2 N–H and O–H groups in total. The summed E-state index contributed by atoms with van der Waals surface area (Å²) in [5, 5.41) is 12.1. The molecular formula is C6H13NOS. The number of aliphatic hydroxyl groups is 1. The Morgan fingerprint density at radius 1 is 1.78 bits per heavy atom. The summed E-state index contributed by atoms with van der Waals surface area (Å²) in [7, 11) is 1.92. The van der Waals surface area contributed by atoms with E-state index in [1.807, 2.05) is 18.8 Å². The zero-order valence-corrected chi connectivity index (χ0v) is 6.50. The number of hydrogen-bond donors (Lipinski definition) is 2. The third-order valence-electron chi connectivity index (χ3n) is 1.94. The van der Waals surface area contributed by atoms with Crippen molar-refractivity contribution < 1.29 is 5.11 Å². The largest absolute Gasteiger partial charge is 0.394 e. The molecule has 1 aliphatic rings. The highest BCUT2D eigenvalue weighted by atomic mass is 32.2. The van der Waals surface area contributed by atoms with Gasteiger partial charge in [0, 0.05) is 5.75 Å². The Kier molecular flexibility index (Phi) is 2.38. The van der Waals surface area contributed by atoms with Crippen LogP contribution >= 0.6 is 11.8 Å². The van der Waals surface area contributed by atoms with Crippen molar-refractivity contribution in [2.24, 2.45) is 0 Å². The van der Waals surface area contributed by atoms with E-state index in [4.69, 9.17) is 5.11 Å². The number of aliphatic hydroxyl groups excluding tert-OH is 1. The minimum absolute atomic E-state index is 0.0463. The highest BCUT2D eigenvalue weighted by Gasteiger charge is 2.31. The molecule has 0 aromatic heterocycles. The van der Waals surface area contributed by atoms with Crippen molar-refractivity contribution >= 4 is 11.8 Å². The van der Waals surface area contributed by atoms with Gasteiger partial charge in [-0.25, -0.2) is 0 Å². The lowest BCUT2D eigenvalue weighted by Crippen LogP contribution is -2.46. The number of rotatable bonds is 2. The van der Waals surface area contributed by atoms with E-state index in [9.17, 15) is 0 Å². The fraction of sp³-hybridized carbons (Fsp3) is 1.00. The van der Waals surface area contributed by atoms with Crippen LogP contribution < -0.4 is 5.32 Å². The van der Waals surface area contributed by atoms with E-state index < -0.39 is 0 Å². The first-order valence-corrected chi connectivity index (χ1v) is 4.36. The van der Waals surface area contributed by atoms with Gasteiger partial charge in [-0.15, -0.1) is 0 Å². The molecule has 1 saturated heterocycles. The molecule has 1 heterocycles. The summed E-state index contributed by atoms with van der Waals surface area (Å²) >= 11 is 1.91. The molecule has 3 heteroatoms. The van der Waals surface area contributed by atoms with Gasteiger partial charge in [0.2, 0.25) is 0 Å². The Balaban J connectivity index is 2.45. The summed E-state index contributed by atoms with van der Waals surface area (Å²) in [6.07, 6.45) is 1.10. The maximum absolute atomic E-state index is 8.94. The minimum Gasteiger partial charge on any atom is -0.394 e. The van der Waals surface area contributed by atoms with Crippen LogP contribution in [0.5, 0.6) is 0 Å². The third-order valence-corrected chi connectivity index (χ3v) is 3.19. The first-order valence-electron chi connectivity index (χ1n) is 3.20. The summed E-state index contributed by atoms with van der Waals surface area (Å²) in [4.78, 5) is 0. The van der Waals surface area contributed by atoms with Crippen LogP contribution in [0.1, 0.15) is 6.42 Å². The predicted molar refractivity (Wildman–Crippen MR) is 40.8 cm³/mol. The minimum atomic E-state index is 0.0463.